The molecule has 0 bridgehead atoms. The van der Waals surface area contributed by atoms with Crippen LogP contribution in [0, 0.1) is 11.7 Å². The van der Waals surface area contributed by atoms with Crippen molar-refractivity contribution in [2.75, 3.05) is 7.11 Å². The molecule has 0 radical (unpaired) electrons. The normalized spacial score (nSPS) is 14.4. The highest BCUT2D eigenvalue weighted by Gasteiger charge is 2.34. The summed E-state index contributed by atoms with van der Waals surface area (Å²) in [7, 11) is 1.54. The number of hydrogen-bond donors (Lipinski definition) is 1. The number of hydrogen-bond acceptors (Lipinski definition) is 4. The number of carbonyl (C=O) groups is 1. The maximum Gasteiger partial charge on any atom is 0.303 e. The average Bonchev–Trinajstić information content (AvgIpc) is 3.55. The topological polar surface area (TPSA) is 72.6 Å². The molecule has 5 rings (SSSR count). The highest BCUT2D eigenvalue weighted by molar-refractivity contribution is 5.83. The van der Waals surface area contributed by atoms with E-state index in [2.05, 4.69) is 4.98 Å². The van der Waals surface area contributed by atoms with E-state index in [0.29, 0.717) is 39.8 Å². The first-order valence-corrected chi connectivity index (χ1v) is 10.6. The fourth-order valence-electron chi connectivity index (χ4n) is 4.20. The number of methoxy groups -OCH3 is 1. The number of aromatic nitrogens is 1. The first-order valence-electron chi connectivity index (χ1n) is 10.6. The summed E-state index contributed by atoms with van der Waals surface area (Å²) >= 11 is 0. The fraction of sp³-hybridized carbons (Fsp3) is 0.231. The molecule has 1 aliphatic carbocycles. The molecule has 1 fully saturated rings. The Morgan fingerprint density at radius 1 is 1.19 bits per heavy atom. The van der Waals surface area contributed by atoms with Gasteiger partial charge in [-0.1, -0.05) is 18.2 Å². The number of aliphatic carboxylic acids is 1. The van der Waals surface area contributed by atoms with Gasteiger partial charge in [0.15, 0.2) is 5.76 Å². The molecule has 32 heavy (non-hydrogen) atoms. The lowest BCUT2D eigenvalue weighted by atomic mass is 9.90. The van der Waals surface area contributed by atoms with Crippen LogP contribution in [-0.2, 0) is 4.79 Å². The van der Waals surface area contributed by atoms with E-state index in [9.17, 15) is 14.3 Å². The van der Waals surface area contributed by atoms with Crippen LogP contribution in [0.1, 0.15) is 30.7 Å². The van der Waals surface area contributed by atoms with Crippen molar-refractivity contribution in [3.63, 3.8) is 0 Å². The number of carboxylic acid groups (broad SMARTS) is 1. The zero-order valence-electron chi connectivity index (χ0n) is 17.5. The molecular formula is C26H22FNO4. The second kappa shape index (κ2) is 8.11. The largest absolute Gasteiger partial charge is 0.497 e. The van der Waals surface area contributed by atoms with Crippen molar-refractivity contribution in [1.29, 1.82) is 0 Å². The summed E-state index contributed by atoms with van der Waals surface area (Å²) in [5.74, 6) is 0.508. The van der Waals surface area contributed by atoms with Crippen molar-refractivity contribution in [3.05, 3.63) is 72.2 Å². The van der Waals surface area contributed by atoms with Crippen LogP contribution in [0.5, 0.6) is 5.75 Å². The average molecular weight is 431 g/mol. The SMILES string of the molecule is COc1ccc(F)c(-c2ccc(-c3cc4ccc([C@@H](CC(=O)O)C5CC5)cc4o3)nc2)c1. The van der Waals surface area contributed by atoms with Gasteiger partial charge in [-0.15, -0.1) is 0 Å². The molecule has 6 heteroatoms. The summed E-state index contributed by atoms with van der Waals surface area (Å²) in [6.45, 7) is 0. The van der Waals surface area contributed by atoms with Gasteiger partial charge in [0, 0.05) is 22.7 Å². The minimum atomic E-state index is -0.779. The molecule has 0 saturated heterocycles. The molecule has 2 aromatic carbocycles. The number of nitrogens with zero attached hydrogens (tertiary/aromatic N) is 1. The number of pyridine rings is 1. The maximum absolute atomic E-state index is 14.3. The van der Waals surface area contributed by atoms with Gasteiger partial charge in [0.05, 0.1) is 13.5 Å². The standard InChI is InChI=1S/C26H22FNO4/c1-31-19-7-8-22(27)21(12-19)18-6-9-23(28-14-18)25-11-17-5-4-16(10-24(17)32-25)20(13-26(29)30)15-2-3-15/h4-12,14-15,20H,2-3,13H2,1H3,(H,29,30)/t20-/m0/s1. The number of ether oxygens (including phenoxy) is 1. The molecule has 5 nitrogen and oxygen atoms in total. The first-order chi connectivity index (χ1) is 15.5. The Morgan fingerprint density at radius 3 is 2.72 bits per heavy atom. The summed E-state index contributed by atoms with van der Waals surface area (Å²) in [4.78, 5) is 15.8. The lowest BCUT2D eigenvalue weighted by molar-refractivity contribution is -0.137. The second-order valence-corrected chi connectivity index (χ2v) is 8.23. The number of rotatable bonds is 7. The first kappa shape index (κ1) is 20.2. The molecule has 1 saturated carbocycles. The van der Waals surface area contributed by atoms with Crippen LogP contribution >= 0.6 is 0 Å². The quantitative estimate of drug-likeness (QED) is 0.373. The van der Waals surface area contributed by atoms with Crippen molar-refractivity contribution in [1.82, 2.24) is 4.98 Å². The van der Waals surface area contributed by atoms with E-state index >= 15 is 0 Å². The molecule has 2 aromatic heterocycles. The zero-order chi connectivity index (χ0) is 22.2. The number of benzene rings is 2. The summed E-state index contributed by atoms with van der Waals surface area (Å²) < 4.78 is 25.5. The predicted molar refractivity (Wildman–Crippen MR) is 119 cm³/mol. The van der Waals surface area contributed by atoms with Crippen LogP contribution < -0.4 is 4.74 Å². The Labute approximate surface area is 184 Å². The molecule has 0 amide bonds. The van der Waals surface area contributed by atoms with E-state index in [1.165, 1.54) is 6.07 Å². The summed E-state index contributed by atoms with van der Waals surface area (Å²) in [5.41, 5.74) is 3.41. The van der Waals surface area contributed by atoms with E-state index in [1.54, 1.807) is 37.6 Å². The van der Waals surface area contributed by atoms with E-state index in [4.69, 9.17) is 9.15 Å². The number of fused-ring (bicyclic) bond motifs is 1. The minimum Gasteiger partial charge on any atom is -0.497 e. The molecule has 0 aliphatic heterocycles. The van der Waals surface area contributed by atoms with Crippen LogP contribution in [0.2, 0.25) is 0 Å². The van der Waals surface area contributed by atoms with Gasteiger partial charge in [0.1, 0.15) is 22.8 Å². The smallest absolute Gasteiger partial charge is 0.303 e. The number of furan rings is 1. The summed E-state index contributed by atoms with van der Waals surface area (Å²) in [6, 6.07) is 16.0. The molecule has 162 valence electrons. The van der Waals surface area contributed by atoms with E-state index in [1.807, 2.05) is 24.3 Å². The fourth-order valence-corrected chi connectivity index (χ4v) is 4.20. The number of carboxylic acids is 1. The summed E-state index contributed by atoms with van der Waals surface area (Å²) in [6.07, 6.45) is 3.89. The Kier molecular flexibility index (Phi) is 5.13. The highest BCUT2D eigenvalue weighted by atomic mass is 19.1. The summed E-state index contributed by atoms with van der Waals surface area (Å²) in [5, 5.41) is 10.2. The van der Waals surface area contributed by atoms with Crippen LogP contribution in [0.4, 0.5) is 4.39 Å². The Hall–Kier alpha value is -3.67. The van der Waals surface area contributed by atoms with Crippen LogP contribution in [0.15, 0.2) is 65.2 Å². The molecule has 0 spiro atoms. The molecule has 0 unspecified atom stereocenters. The molecule has 2 heterocycles. The van der Waals surface area contributed by atoms with Gasteiger partial charge in [-0.3, -0.25) is 9.78 Å². The van der Waals surface area contributed by atoms with Gasteiger partial charge in [0.25, 0.3) is 0 Å². The van der Waals surface area contributed by atoms with Crippen molar-refractivity contribution < 1.29 is 23.4 Å². The third kappa shape index (κ3) is 3.96. The van der Waals surface area contributed by atoms with Gasteiger partial charge in [0.2, 0.25) is 0 Å². The minimum absolute atomic E-state index is 0.0145. The molecular weight excluding hydrogens is 409 g/mol. The lowest BCUT2D eigenvalue weighted by Gasteiger charge is -2.14. The van der Waals surface area contributed by atoms with Crippen molar-refractivity contribution >= 4 is 16.9 Å². The predicted octanol–water partition coefficient (Wildman–Crippen LogP) is 6.28. The molecule has 1 atom stereocenters. The Morgan fingerprint density at radius 2 is 2.03 bits per heavy atom. The zero-order valence-corrected chi connectivity index (χ0v) is 17.5. The van der Waals surface area contributed by atoms with Gasteiger partial charge in [-0.2, -0.15) is 0 Å². The van der Waals surface area contributed by atoms with Gasteiger partial charge < -0.3 is 14.3 Å². The van der Waals surface area contributed by atoms with Crippen LogP contribution in [0.25, 0.3) is 33.6 Å². The maximum atomic E-state index is 14.3. The van der Waals surface area contributed by atoms with Gasteiger partial charge in [-0.05, 0) is 66.6 Å². The van der Waals surface area contributed by atoms with Gasteiger partial charge in [-0.25, -0.2) is 4.39 Å². The molecule has 4 aromatic rings. The van der Waals surface area contributed by atoms with E-state index in [-0.39, 0.29) is 18.2 Å². The van der Waals surface area contributed by atoms with Crippen LogP contribution in [0.3, 0.4) is 0 Å². The van der Waals surface area contributed by atoms with E-state index < -0.39 is 5.97 Å². The second-order valence-electron chi connectivity index (χ2n) is 8.23. The molecule has 1 N–H and O–H groups in total. The van der Waals surface area contributed by atoms with E-state index in [0.717, 1.165) is 23.8 Å². The third-order valence-electron chi connectivity index (χ3n) is 6.06. The number of halogens is 1. The molecule has 1 aliphatic rings. The highest BCUT2D eigenvalue weighted by Crippen LogP contribution is 2.45. The third-order valence-corrected chi connectivity index (χ3v) is 6.06. The van der Waals surface area contributed by atoms with Crippen molar-refractivity contribution in [2.24, 2.45) is 5.92 Å². The van der Waals surface area contributed by atoms with Gasteiger partial charge >= 0.3 is 5.97 Å². The Bertz CT molecular complexity index is 1290. The van der Waals surface area contributed by atoms with Crippen molar-refractivity contribution in [2.45, 2.75) is 25.2 Å². The lowest BCUT2D eigenvalue weighted by Crippen LogP contribution is -2.08. The monoisotopic (exact) mass is 431 g/mol. The Balaban J connectivity index is 1.44. The van der Waals surface area contributed by atoms with Crippen LogP contribution in [-0.4, -0.2) is 23.2 Å². The van der Waals surface area contributed by atoms with Crippen molar-refractivity contribution in [3.8, 4) is 28.3 Å².